The predicted octanol–water partition coefficient (Wildman–Crippen LogP) is 2.30. The van der Waals surface area contributed by atoms with E-state index in [0.29, 0.717) is 6.54 Å². The second-order valence-corrected chi connectivity index (χ2v) is 6.49. The zero-order valence-corrected chi connectivity index (χ0v) is 13.7. The first kappa shape index (κ1) is 15.6. The van der Waals surface area contributed by atoms with E-state index in [-0.39, 0.29) is 30.6 Å². The van der Waals surface area contributed by atoms with Crippen LogP contribution in [0.2, 0.25) is 0 Å². The summed E-state index contributed by atoms with van der Waals surface area (Å²) in [6.07, 6.45) is 0.912. The molecule has 2 heterocycles. The van der Waals surface area contributed by atoms with Gasteiger partial charge in [0.05, 0.1) is 11.6 Å². The third-order valence-corrected chi connectivity index (χ3v) is 4.89. The molecule has 2 aliphatic rings. The summed E-state index contributed by atoms with van der Waals surface area (Å²) >= 11 is 0. The summed E-state index contributed by atoms with van der Waals surface area (Å²) < 4.78 is 0. The van der Waals surface area contributed by atoms with Crippen LogP contribution in [0.3, 0.4) is 0 Å². The number of rotatable bonds is 2. The van der Waals surface area contributed by atoms with Crippen LogP contribution in [-0.2, 0) is 20.8 Å². The highest BCUT2D eigenvalue weighted by atomic mass is 16.2. The maximum absolute atomic E-state index is 12.9. The Morgan fingerprint density at radius 3 is 2.52 bits per heavy atom. The average molecular weight is 334 g/mol. The molecule has 1 saturated heterocycles. The number of nitrogens with zero attached hydrogens (tertiary/aromatic N) is 1. The molecular formula is C20H18N2O3. The number of anilines is 1. The van der Waals surface area contributed by atoms with Gasteiger partial charge in [0.25, 0.3) is 0 Å². The van der Waals surface area contributed by atoms with Gasteiger partial charge in [-0.1, -0.05) is 42.5 Å². The minimum Gasteiger partial charge on any atom is -0.311 e. The van der Waals surface area contributed by atoms with Gasteiger partial charge in [0.1, 0.15) is 0 Å². The number of amides is 3. The number of fused-ring (bicyclic) bond motifs is 3. The zero-order valence-electron chi connectivity index (χ0n) is 13.7. The highest BCUT2D eigenvalue weighted by molar-refractivity contribution is 6.07. The maximum atomic E-state index is 12.9. The predicted molar refractivity (Wildman–Crippen MR) is 93.8 cm³/mol. The number of hydrogen-bond donors (Lipinski definition) is 1. The molecule has 4 rings (SSSR count). The van der Waals surface area contributed by atoms with Gasteiger partial charge in [0.2, 0.25) is 17.7 Å². The van der Waals surface area contributed by atoms with Gasteiger partial charge >= 0.3 is 0 Å². The Morgan fingerprint density at radius 1 is 1.04 bits per heavy atom. The van der Waals surface area contributed by atoms with E-state index < -0.39 is 5.92 Å². The Balaban J connectivity index is 1.66. The third kappa shape index (κ3) is 2.82. The molecule has 1 atom stereocenters. The molecule has 1 N–H and O–H groups in total. The molecule has 3 amide bonds. The van der Waals surface area contributed by atoms with Crippen LogP contribution in [0, 0.1) is 5.92 Å². The fourth-order valence-corrected chi connectivity index (χ4v) is 3.64. The second-order valence-electron chi connectivity index (χ2n) is 6.49. The Labute approximate surface area is 145 Å². The van der Waals surface area contributed by atoms with Gasteiger partial charge in [-0.2, -0.15) is 0 Å². The van der Waals surface area contributed by atoms with E-state index in [0.717, 1.165) is 23.2 Å². The fourth-order valence-electron chi connectivity index (χ4n) is 3.64. The Bertz CT molecular complexity index is 875. The van der Waals surface area contributed by atoms with Gasteiger partial charge in [-0.15, -0.1) is 0 Å². The summed E-state index contributed by atoms with van der Waals surface area (Å²) in [7, 11) is 0. The molecule has 0 radical (unpaired) electrons. The van der Waals surface area contributed by atoms with Crippen molar-refractivity contribution in [1.29, 1.82) is 0 Å². The van der Waals surface area contributed by atoms with Crippen molar-refractivity contribution in [2.24, 2.45) is 5.92 Å². The quantitative estimate of drug-likeness (QED) is 0.857. The van der Waals surface area contributed by atoms with Crippen LogP contribution in [-0.4, -0.2) is 24.3 Å². The molecule has 2 aliphatic heterocycles. The summed E-state index contributed by atoms with van der Waals surface area (Å²) in [5.74, 6) is -1.32. The number of imide groups is 1. The molecule has 5 heteroatoms. The lowest BCUT2D eigenvalue weighted by atomic mass is 9.98. The Kier molecular flexibility index (Phi) is 3.84. The van der Waals surface area contributed by atoms with Crippen LogP contribution in [0.25, 0.3) is 11.1 Å². The van der Waals surface area contributed by atoms with Crippen molar-refractivity contribution in [3.05, 3.63) is 54.1 Å². The fraction of sp³-hybridized carbons (Fsp3) is 0.250. The van der Waals surface area contributed by atoms with Crippen molar-refractivity contribution in [3.8, 4) is 11.1 Å². The van der Waals surface area contributed by atoms with Crippen LogP contribution < -0.4 is 10.2 Å². The minimum absolute atomic E-state index is 0.0578. The van der Waals surface area contributed by atoms with Gasteiger partial charge in [0, 0.05) is 24.9 Å². The number of carbonyl (C=O) groups is 3. The molecule has 2 aromatic rings. The number of nitrogens with one attached hydrogen (secondary N) is 1. The van der Waals surface area contributed by atoms with Gasteiger partial charge in [-0.05, 0) is 23.6 Å². The molecule has 1 unspecified atom stereocenters. The zero-order chi connectivity index (χ0) is 17.4. The SMILES string of the molecule is O=C1CC(CC(=O)N2CCc3ccccc3-c3ccccc32)C(=O)N1. The molecule has 25 heavy (non-hydrogen) atoms. The van der Waals surface area contributed by atoms with E-state index in [4.69, 9.17) is 0 Å². The lowest BCUT2D eigenvalue weighted by Crippen LogP contribution is -2.35. The topological polar surface area (TPSA) is 66.5 Å². The van der Waals surface area contributed by atoms with Gasteiger partial charge in [-0.3, -0.25) is 19.7 Å². The standard InChI is InChI=1S/C20H18N2O3/c23-18-11-14(20(25)21-18)12-19(24)22-10-9-13-5-1-2-6-15(13)16-7-3-4-8-17(16)22/h1-8,14H,9-12H2,(H,21,23,25). The van der Waals surface area contributed by atoms with E-state index in [2.05, 4.69) is 17.4 Å². The maximum Gasteiger partial charge on any atom is 0.230 e. The molecule has 2 aromatic carbocycles. The van der Waals surface area contributed by atoms with Crippen LogP contribution in [0.4, 0.5) is 5.69 Å². The molecule has 0 spiro atoms. The first-order valence-electron chi connectivity index (χ1n) is 8.45. The number of para-hydroxylation sites is 1. The van der Waals surface area contributed by atoms with Crippen LogP contribution in [0.1, 0.15) is 18.4 Å². The van der Waals surface area contributed by atoms with Crippen LogP contribution in [0.5, 0.6) is 0 Å². The van der Waals surface area contributed by atoms with Crippen molar-refractivity contribution in [2.45, 2.75) is 19.3 Å². The van der Waals surface area contributed by atoms with Crippen molar-refractivity contribution >= 4 is 23.4 Å². The van der Waals surface area contributed by atoms with Crippen LogP contribution in [0.15, 0.2) is 48.5 Å². The third-order valence-electron chi connectivity index (χ3n) is 4.89. The lowest BCUT2D eigenvalue weighted by Gasteiger charge is -2.23. The van der Waals surface area contributed by atoms with E-state index in [1.807, 2.05) is 36.4 Å². The smallest absolute Gasteiger partial charge is 0.230 e. The van der Waals surface area contributed by atoms with E-state index in [9.17, 15) is 14.4 Å². The molecule has 1 fully saturated rings. The summed E-state index contributed by atoms with van der Waals surface area (Å²) in [4.78, 5) is 37.8. The molecule has 0 bridgehead atoms. The molecule has 0 saturated carbocycles. The van der Waals surface area contributed by atoms with Gasteiger partial charge in [-0.25, -0.2) is 0 Å². The van der Waals surface area contributed by atoms with Crippen molar-refractivity contribution in [3.63, 3.8) is 0 Å². The van der Waals surface area contributed by atoms with E-state index >= 15 is 0 Å². The van der Waals surface area contributed by atoms with Gasteiger partial charge < -0.3 is 4.90 Å². The molecule has 0 aromatic heterocycles. The van der Waals surface area contributed by atoms with Crippen molar-refractivity contribution in [2.75, 3.05) is 11.4 Å². The van der Waals surface area contributed by atoms with E-state index in [1.54, 1.807) is 4.90 Å². The molecular weight excluding hydrogens is 316 g/mol. The number of carbonyl (C=O) groups excluding carboxylic acids is 3. The molecule has 0 aliphatic carbocycles. The minimum atomic E-state index is -0.558. The highest BCUT2D eigenvalue weighted by Crippen LogP contribution is 2.36. The lowest BCUT2D eigenvalue weighted by molar-refractivity contribution is -0.128. The Hall–Kier alpha value is -2.95. The normalized spacial score (nSPS) is 19.0. The Morgan fingerprint density at radius 2 is 1.76 bits per heavy atom. The second kappa shape index (κ2) is 6.16. The van der Waals surface area contributed by atoms with E-state index in [1.165, 1.54) is 5.56 Å². The van der Waals surface area contributed by atoms with Gasteiger partial charge in [0.15, 0.2) is 0 Å². The summed E-state index contributed by atoms with van der Waals surface area (Å²) in [5.41, 5.74) is 4.24. The number of benzene rings is 2. The largest absolute Gasteiger partial charge is 0.311 e. The average Bonchev–Trinajstić information content (AvgIpc) is 2.84. The molecule has 5 nitrogen and oxygen atoms in total. The summed E-state index contributed by atoms with van der Waals surface area (Å²) in [6.45, 7) is 0.565. The van der Waals surface area contributed by atoms with Crippen molar-refractivity contribution < 1.29 is 14.4 Å². The first-order valence-corrected chi connectivity index (χ1v) is 8.45. The monoisotopic (exact) mass is 334 g/mol. The highest BCUT2D eigenvalue weighted by Gasteiger charge is 2.34. The first-order chi connectivity index (χ1) is 12.1. The van der Waals surface area contributed by atoms with Crippen LogP contribution >= 0.6 is 0 Å². The van der Waals surface area contributed by atoms with Crippen molar-refractivity contribution in [1.82, 2.24) is 5.32 Å². The summed E-state index contributed by atoms with van der Waals surface area (Å²) in [5, 5.41) is 2.27. The summed E-state index contributed by atoms with van der Waals surface area (Å²) in [6, 6.07) is 16.0. The molecule has 126 valence electrons. The number of hydrogen-bond acceptors (Lipinski definition) is 3.